The zero-order chi connectivity index (χ0) is 16.0. The average molecular weight is 325 g/mol. The number of anilines is 1. The number of aryl methyl sites for hydroxylation is 1. The highest BCUT2D eigenvalue weighted by Crippen LogP contribution is 2.37. The minimum Gasteiger partial charge on any atom is -0.482 e. The van der Waals surface area contributed by atoms with Gasteiger partial charge < -0.3 is 10.1 Å². The fourth-order valence-corrected chi connectivity index (χ4v) is 3.03. The molecule has 2 heterocycles. The summed E-state index contributed by atoms with van der Waals surface area (Å²) < 4.78 is 5.39. The van der Waals surface area contributed by atoms with Crippen LogP contribution in [0.25, 0.3) is 22.2 Å². The zero-order valence-corrected chi connectivity index (χ0v) is 13.1. The molecule has 4 rings (SSSR count). The van der Waals surface area contributed by atoms with Gasteiger partial charge in [0, 0.05) is 10.9 Å². The Bertz CT molecular complexity index is 953. The van der Waals surface area contributed by atoms with Crippen LogP contribution in [0, 0.1) is 6.92 Å². The van der Waals surface area contributed by atoms with Crippen LogP contribution < -0.4 is 10.1 Å². The second-order valence-corrected chi connectivity index (χ2v) is 5.84. The summed E-state index contributed by atoms with van der Waals surface area (Å²) in [6, 6.07) is 13.5. The first-order valence-electron chi connectivity index (χ1n) is 7.25. The molecule has 0 spiro atoms. The molecular weight excluding hydrogens is 312 g/mol. The summed E-state index contributed by atoms with van der Waals surface area (Å²) in [6.45, 7) is 2.03. The molecule has 1 amide bonds. The van der Waals surface area contributed by atoms with E-state index in [9.17, 15) is 4.79 Å². The molecule has 1 aromatic heterocycles. The van der Waals surface area contributed by atoms with Crippen molar-refractivity contribution >= 4 is 34.1 Å². The Morgan fingerprint density at radius 2 is 2.04 bits per heavy atom. The molecule has 114 valence electrons. The number of nitrogens with zero attached hydrogens (tertiary/aromatic N) is 1. The fraction of sp³-hybridized carbons (Fsp3) is 0.111. The molecule has 1 N–H and O–H groups in total. The smallest absolute Gasteiger partial charge is 0.262 e. The van der Waals surface area contributed by atoms with E-state index in [-0.39, 0.29) is 12.5 Å². The minimum atomic E-state index is -0.164. The summed E-state index contributed by atoms with van der Waals surface area (Å²) in [7, 11) is 0. The Labute approximate surface area is 138 Å². The molecule has 4 nitrogen and oxygen atoms in total. The van der Waals surface area contributed by atoms with Crippen LogP contribution in [0.3, 0.4) is 0 Å². The van der Waals surface area contributed by atoms with Crippen molar-refractivity contribution in [3.63, 3.8) is 0 Å². The molecule has 0 bridgehead atoms. The number of nitrogens with one attached hydrogen (secondary N) is 1. The SMILES string of the molecule is Cc1c(Cl)c(-c2ccc3c(c2)NC(=O)CO3)nc2ccccc12. The fourth-order valence-electron chi connectivity index (χ4n) is 2.78. The summed E-state index contributed by atoms with van der Waals surface area (Å²) >= 11 is 6.54. The van der Waals surface area contributed by atoms with Gasteiger partial charge in [-0.05, 0) is 36.8 Å². The van der Waals surface area contributed by atoms with Crippen LogP contribution >= 0.6 is 11.6 Å². The van der Waals surface area contributed by atoms with Gasteiger partial charge in [0.25, 0.3) is 5.91 Å². The predicted octanol–water partition coefficient (Wildman–Crippen LogP) is 4.19. The Morgan fingerprint density at radius 1 is 1.22 bits per heavy atom. The van der Waals surface area contributed by atoms with E-state index in [4.69, 9.17) is 16.3 Å². The quantitative estimate of drug-likeness (QED) is 0.730. The molecule has 5 heteroatoms. The maximum Gasteiger partial charge on any atom is 0.262 e. The largest absolute Gasteiger partial charge is 0.482 e. The summed E-state index contributed by atoms with van der Waals surface area (Å²) in [4.78, 5) is 16.2. The maximum absolute atomic E-state index is 11.5. The lowest BCUT2D eigenvalue weighted by molar-refractivity contribution is -0.118. The van der Waals surface area contributed by atoms with Gasteiger partial charge in [-0.15, -0.1) is 0 Å². The van der Waals surface area contributed by atoms with Crippen LogP contribution in [0.4, 0.5) is 5.69 Å². The van der Waals surface area contributed by atoms with Gasteiger partial charge in [-0.1, -0.05) is 29.8 Å². The van der Waals surface area contributed by atoms with Crippen LogP contribution in [-0.4, -0.2) is 17.5 Å². The molecule has 1 aliphatic rings. The lowest BCUT2D eigenvalue weighted by Crippen LogP contribution is -2.25. The molecule has 0 unspecified atom stereocenters. The van der Waals surface area contributed by atoms with Crippen molar-refractivity contribution < 1.29 is 9.53 Å². The summed E-state index contributed by atoms with van der Waals surface area (Å²) in [5, 5.41) is 4.46. The highest BCUT2D eigenvalue weighted by atomic mass is 35.5. The number of amides is 1. The third-order valence-corrected chi connectivity index (χ3v) is 4.43. The van der Waals surface area contributed by atoms with Crippen molar-refractivity contribution in [1.82, 2.24) is 4.98 Å². The molecule has 0 atom stereocenters. The monoisotopic (exact) mass is 324 g/mol. The minimum absolute atomic E-state index is 0.0421. The van der Waals surface area contributed by atoms with Crippen LogP contribution in [-0.2, 0) is 4.79 Å². The molecule has 0 fully saturated rings. The summed E-state index contributed by atoms with van der Waals surface area (Å²) in [5.41, 5.74) is 4.06. The van der Waals surface area contributed by atoms with Crippen LogP contribution in [0.1, 0.15) is 5.56 Å². The number of ether oxygens (including phenoxy) is 1. The molecule has 0 saturated carbocycles. The topological polar surface area (TPSA) is 51.2 Å². The number of carbonyl (C=O) groups is 1. The molecule has 3 aromatic rings. The maximum atomic E-state index is 11.5. The van der Waals surface area contributed by atoms with Crippen LogP contribution in [0.15, 0.2) is 42.5 Å². The van der Waals surface area contributed by atoms with Gasteiger partial charge in [0.15, 0.2) is 6.61 Å². The van der Waals surface area contributed by atoms with E-state index in [0.29, 0.717) is 22.2 Å². The number of rotatable bonds is 1. The number of hydrogen-bond acceptors (Lipinski definition) is 3. The van der Waals surface area contributed by atoms with Gasteiger partial charge in [0.05, 0.1) is 21.9 Å². The number of benzene rings is 2. The van der Waals surface area contributed by atoms with Crippen LogP contribution in [0.5, 0.6) is 5.75 Å². The summed E-state index contributed by atoms with van der Waals surface area (Å²) in [5.74, 6) is 0.491. The first-order valence-corrected chi connectivity index (χ1v) is 7.63. The van der Waals surface area contributed by atoms with Crippen molar-refractivity contribution in [3.05, 3.63) is 53.1 Å². The van der Waals surface area contributed by atoms with Gasteiger partial charge >= 0.3 is 0 Å². The third-order valence-electron chi connectivity index (χ3n) is 3.96. The lowest BCUT2D eigenvalue weighted by atomic mass is 10.0. The van der Waals surface area contributed by atoms with E-state index in [1.165, 1.54) is 0 Å². The molecule has 0 saturated heterocycles. The Kier molecular flexibility index (Phi) is 3.20. The van der Waals surface area contributed by atoms with Gasteiger partial charge in [0.1, 0.15) is 5.75 Å². The first kappa shape index (κ1) is 14.0. The van der Waals surface area contributed by atoms with E-state index in [1.807, 2.05) is 49.4 Å². The zero-order valence-electron chi connectivity index (χ0n) is 12.4. The Hall–Kier alpha value is -2.59. The van der Waals surface area contributed by atoms with Crippen molar-refractivity contribution in [1.29, 1.82) is 0 Å². The Morgan fingerprint density at radius 3 is 2.91 bits per heavy atom. The number of pyridine rings is 1. The van der Waals surface area contributed by atoms with Gasteiger partial charge in [-0.25, -0.2) is 4.98 Å². The highest BCUT2D eigenvalue weighted by molar-refractivity contribution is 6.34. The van der Waals surface area contributed by atoms with E-state index in [0.717, 1.165) is 22.0 Å². The lowest BCUT2D eigenvalue weighted by Gasteiger charge is -2.19. The number of carbonyl (C=O) groups excluding carboxylic acids is 1. The number of aromatic nitrogens is 1. The van der Waals surface area contributed by atoms with E-state index in [2.05, 4.69) is 10.3 Å². The van der Waals surface area contributed by atoms with Crippen molar-refractivity contribution in [2.75, 3.05) is 11.9 Å². The second-order valence-electron chi connectivity index (χ2n) is 5.46. The molecule has 1 aliphatic heterocycles. The highest BCUT2D eigenvalue weighted by Gasteiger charge is 2.18. The molecule has 23 heavy (non-hydrogen) atoms. The normalized spacial score (nSPS) is 13.4. The van der Waals surface area contributed by atoms with Gasteiger partial charge in [-0.3, -0.25) is 4.79 Å². The molecule has 0 radical (unpaired) electrons. The third kappa shape index (κ3) is 2.32. The van der Waals surface area contributed by atoms with Crippen molar-refractivity contribution in [2.24, 2.45) is 0 Å². The molecule has 2 aromatic carbocycles. The number of hydrogen-bond donors (Lipinski definition) is 1. The Balaban J connectivity index is 1.91. The number of para-hydroxylation sites is 1. The van der Waals surface area contributed by atoms with E-state index < -0.39 is 0 Å². The van der Waals surface area contributed by atoms with E-state index >= 15 is 0 Å². The predicted molar refractivity (Wildman–Crippen MR) is 91.1 cm³/mol. The van der Waals surface area contributed by atoms with Gasteiger partial charge in [0.2, 0.25) is 0 Å². The number of fused-ring (bicyclic) bond motifs is 2. The second kappa shape index (κ2) is 5.25. The standard InChI is InChI=1S/C18H13ClN2O2/c1-10-12-4-2-3-5-13(12)21-18(17(10)19)11-6-7-15-14(8-11)20-16(22)9-23-15/h2-8H,9H2,1H3,(H,20,22). The van der Waals surface area contributed by atoms with Crippen molar-refractivity contribution in [3.8, 4) is 17.0 Å². The van der Waals surface area contributed by atoms with Crippen molar-refractivity contribution in [2.45, 2.75) is 6.92 Å². The van der Waals surface area contributed by atoms with E-state index in [1.54, 1.807) is 0 Å². The van der Waals surface area contributed by atoms with Gasteiger partial charge in [-0.2, -0.15) is 0 Å². The average Bonchev–Trinajstić information content (AvgIpc) is 2.57. The molecule has 0 aliphatic carbocycles. The first-order chi connectivity index (χ1) is 11.1. The summed E-state index contributed by atoms with van der Waals surface area (Å²) in [6.07, 6.45) is 0. The van der Waals surface area contributed by atoms with Crippen LogP contribution in [0.2, 0.25) is 5.02 Å². The molecular formula is C18H13ClN2O2. The number of halogens is 1.